The van der Waals surface area contributed by atoms with Crippen LogP contribution in [0.25, 0.3) is 0 Å². The Balaban J connectivity index is 1.56. The van der Waals surface area contributed by atoms with Crippen molar-refractivity contribution in [1.29, 1.82) is 0 Å². The van der Waals surface area contributed by atoms with Gasteiger partial charge in [0.1, 0.15) is 6.67 Å². The van der Waals surface area contributed by atoms with Gasteiger partial charge >= 0.3 is 6.18 Å². The third-order valence-corrected chi connectivity index (χ3v) is 8.69. The number of alkyl halides is 4. The molecule has 222 valence electrons. The first-order valence-electron chi connectivity index (χ1n) is 14.6. The third-order valence-electron chi connectivity index (χ3n) is 8.69. The largest absolute Gasteiger partial charge is 0.416 e. The number of fused-ring (bicyclic) bond motifs is 1. The lowest BCUT2D eigenvalue weighted by Gasteiger charge is -2.36. The summed E-state index contributed by atoms with van der Waals surface area (Å²) in [7, 11) is 1.67. The van der Waals surface area contributed by atoms with Crippen LogP contribution in [0.5, 0.6) is 0 Å². The number of aryl methyl sites for hydroxylation is 3. The summed E-state index contributed by atoms with van der Waals surface area (Å²) in [5.74, 6) is 1.79. The van der Waals surface area contributed by atoms with Crippen molar-refractivity contribution in [2.24, 2.45) is 18.9 Å². The molecular formula is C31H40F4N6. The highest BCUT2D eigenvalue weighted by Gasteiger charge is 2.34. The van der Waals surface area contributed by atoms with E-state index < -0.39 is 18.4 Å². The number of hydrogen-bond acceptors (Lipinski definition) is 5. The van der Waals surface area contributed by atoms with E-state index in [0.717, 1.165) is 55.1 Å². The molecule has 6 nitrogen and oxygen atoms in total. The third kappa shape index (κ3) is 6.67. The van der Waals surface area contributed by atoms with Crippen LogP contribution in [0, 0.1) is 25.7 Å². The summed E-state index contributed by atoms with van der Waals surface area (Å²) >= 11 is 0. The molecule has 3 aromatic rings. The maximum Gasteiger partial charge on any atom is 0.416 e. The van der Waals surface area contributed by atoms with E-state index in [9.17, 15) is 17.6 Å². The molecular weight excluding hydrogens is 532 g/mol. The van der Waals surface area contributed by atoms with Gasteiger partial charge in [0.25, 0.3) is 5.95 Å². The zero-order valence-corrected chi connectivity index (χ0v) is 24.4. The topological polar surface area (TPSA) is 50.1 Å². The van der Waals surface area contributed by atoms with Crippen LogP contribution >= 0.6 is 0 Å². The summed E-state index contributed by atoms with van der Waals surface area (Å²) in [5.41, 5.74) is 4.18. The summed E-state index contributed by atoms with van der Waals surface area (Å²) in [6.07, 6.45) is 2.13. The average molecular weight is 573 g/mol. The van der Waals surface area contributed by atoms with Crippen LogP contribution in [0.2, 0.25) is 0 Å². The summed E-state index contributed by atoms with van der Waals surface area (Å²) < 4.78 is 54.8. The van der Waals surface area contributed by atoms with Crippen molar-refractivity contribution >= 4 is 11.6 Å². The molecule has 2 aliphatic rings. The van der Waals surface area contributed by atoms with E-state index in [1.54, 1.807) is 7.05 Å². The summed E-state index contributed by atoms with van der Waals surface area (Å²) in [4.78, 5) is 5.85. The van der Waals surface area contributed by atoms with Gasteiger partial charge in [0.2, 0.25) is 0 Å². The van der Waals surface area contributed by atoms with Crippen molar-refractivity contribution in [2.75, 3.05) is 22.9 Å². The van der Waals surface area contributed by atoms with Crippen molar-refractivity contribution in [3.63, 3.8) is 0 Å². The number of tetrazole rings is 1. The molecule has 10 heteroatoms. The molecule has 0 saturated heterocycles. The Kier molecular flexibility index (Phi) is 8.57. The fourth-order valence-corrected chi connectivity index (χ4v) is 6.75. The molecule has 0 bridgehead atoms. The first-order chi connectivity index (χ1) is 19.5. The summed E-state index contributed by atoms with van der Waals surface area (Å²) in [5, 5.41) is 12.8. The summed E-state index contributed by atoms with van der Waals surface area (Å²) in [6, 6.07) is 7.73. The number of hydrogen-bond donors (Lipinski definition) is 0. The zero-order valence-electron chi connectivity index (χ0n) is 24.4. The Morgan fingerprint density at radius 1 is 0.976 bits per heavy atom. The normalized spacial score (nSPS) is 21.5. The molecule has 1 aliphatic carbocycles. The molecule has 0 amide bonds. The quantitative estimate of drug-likeness (QED) is 0.275. The number of rotatable bonds is 7. The number of aromatic nitrogens is 4. The van der Waals surface area contributed by atoms with Gasteiger partial charge in [0.05, 0.1) is 18.7 Å². The molecule has 2 aromatic carbocycles. The van der Waals surface area contributed by atoms with Crippen LogP contribution < -0.4 is 9.80 Å². The van der Waals surface area contributed by atoms with Gasteiger partial charge < -0.3 is 9.80 Å². The minimum atomic E-state index is -4.57. The number of benzene rings is 2. The minimum absolute atomic E-state index is 0.00260. The molecule has 2 heterocycles. The van der Waals surface area contributed by atoms with Gasteiger partial charge in [-0.3, -0.25) is 0 Å². The van der Waals surface area contributed by atoms with Crippen LogP contribution in [-0.4, -0.2) is 33.3 Å². The Bertz CT molecular complexity index is 1340. The number of anilines is 2. The van der Waals surface area contributed by atoms with Crippen molar-refractivity contribution in [3.8, 4) is 0 Å². The second-order valence-electron chi connectivity index (χ2n) is 12.1. The van der Waals surface area contributed by atoms with Crippen molar-refractivity contribution in [1.82, 2.24) is 20.2 Å². The SMILES string of the molecule is Cc1cc(C)c2c(c1)[C@@H](N(Cc1cc(CF)cc(C(F)(F)F)c1)c1nnn(C)n1)CCCN2CC1CCC(C)CC1. The molecule has 1 fully saturated rings. The number of halogens is 4. The molecule has 0 spiro atoms. The van der Waals surface area contributed by atoms with E-state index in [-0.39, 0.29) is 18.2 Å². The highest BCUT2D eigenvalue weighted by Crippen LogP contribution is 2.42. The van der Waals surface area contributed by atoms with Gasteiger partial charge in [0.15, 0.2) is 0 Å². The van der Waals surface area contributed by atoms with Crippen molar-refractivity contribution in [2.45, 2.75) is 84.7 Å². The maximum atomic E-state index is 13.7. The van der Waals surface area contributed by atoms with Crippen LogP contribution in [-0.2, 0) is 26.4 Å². The second-order valence-corrected chi connectivity index (χ2v) is 12.1. The molecule has 0 radical (unpaired) electrons. The molecule has 5 rings (SSSR count). The lowest BCUT2D eigenvalue weighted by Crippen LogP contribution is -2.33. The van der Waals surface area contributed by atoms with E-state index in [1.165, 1.54) is 47.8 Å². The first-order valence-corrected chi connectivity index (χ1v) is 14.6. The van der Waals surface area contributed by atoms with Crippen LogP contribution in [0.1, 0.15) is 84.9 Å². The Hall–Kier alpha value is -3.17. The van der Waals surface area contributed by atoms with E-state index in [4.69, 9.17) is 0 Å². The Morgan fingerprint density at radius 2 is 1.71 bits per heavy atom. The van der Waals surface area contributed by atoms with Gasteiger partial charge in [-0.2, -0.15) is 18.0 Å². The molecule has 0 unspecified atom stereocenters. The lowest BCUT2D eigenvalue weighted by atomic mass is 9.82. The number of nitrogens with zero attached hydrogens (tertiary/aromatic N) is 6. The zero-order chi connectivity index (χ0) is 29.3. The molecule has 41 heavy (non-hydrogen) atoms. The fourth-order valence-electron chi connectivity index (χ4n) is 6.75. The predicted octanol–water partition coefficient (Wildman–Crippen LogP) is 7.49. The molecule has 1 aromatic heterocycles. The van der Waals surface area contributed by atoms with E-state index >= 15 is 0 Å². The van der Waals surface area contributed by atoms with Crippen LogP contribution in [0.3, 0.4) is 0 Å². The second kappa shape index (κ2) is 12.0. The molecule has 0 N–H and O–H groups in total. The fraction of sp³-hybridized carbons (Fsp3) is 0.581. The Labute approximate surface area is 239 Å². The highest BCUT2D eigenvalue weighted by atomic mass is 19.4. The van der Waals surface area contributed by atoms with E-state index in [1.807, 2.05) is 4.90 Å². The minimum Gasteiger partial charge on any atom is -0.371 e. The standard InChI is InChI=1S/C31H40F4N6/c1-20-7-9-23(10-8-20)18-40-11-5-6-28(27-13-21(2)12-22(3)29(27)40)41(30-36-38-39(4)37-30)19-25-14-24(17-32)15-26(16-25)31(33,34)35/h12-16,20,23,28H,5-11,17-19H2,1-4H3/t20?,23?,28-/m0/s1. The van der Waals surface area contributed by atoms with Crippen LogP contribution in [0.15, 0.2) is 30.3 Å². The Morgan fingerprint density at radius 3 is 2.37 bits per heavy atom. The van der Waals surface area contributed by atoms with Crippen LogP contribution in [0.4, 0.5) is 29.2 Å². The van der Waals surface area contributed by atoms with E-state index in [2.05, 4.69) is 53.2 Å². The van der Waals surface area contributed by atoms with E-state index in [0.29, 0.717) is 17.4 Å². The smallest absolute Gasteiger partial charge is 0.371 e. The lowest BCUT2D eigenvalue weighted by molar-refractivity contribution is -0.137. The predicted molar refractivity (Wildman–Crippen MR) is 152 cm³/mol. The maximum absolute atomic E-state index is 13.7. The van der Waals surface area contributed by atoms with Crippen molar-refractivity contribution < 1.29 is 17.6 Å². The monoisotopic (exact) mass is 572 g/mol. The van der Waals surface area contributed by atoms with Gasteiger partial charge in [-0.05, 0) is 91.0 Å². The van der Waals surface area contributed by atoms with Crippen molar-refractivity contribution in [3.05, 3.63) is 63.7 Å². The first kappa shape index (κ1) is 29.3. The van der Waals surface area contributed by atoms with Gasteiger partial charge in [-0.25, -0.2) is 4.39 Å². The summed E-state index contributed by atoms with van der Waals surface area (Å²) in [6.45, 7) is 7.61. The van der Waals surface area contributed by atoms with Gasteiger partial charge in [-0.1, -0.05) is 48.6 Å². The van der Waals surface area contributed by atoms with Gasteiger partial charge in [-0.15, -0.1) is 5.10 Å². The molecule has 1 atom stereocenters. The molecule has 1 saturated carbocycles. The average Bonchev–Trinajstić information content (AvgIpc) is 3.27. The highest BCUT2D eigenvalue weighted by molar-refractivity contribution is 5.64. The van der Waals surface area contributed by atoms with Gasteiger partial charge in [0, 0.05) is 25.3 Å². The molecule has 1 aliphatic heterocycles.